The molecule has 0 unspecified atom stereocenters. The molecular formula is C15H36N4O. The molecule has 0 atom stereocenters. The van der Waals surface area contributed by atoms with Gasteiger partial charge >= 0.3 is 0 Å². The summed E-state index contributed by atoms with van der Waals surface area (Å²) in [4.78, 5) is 0. The topological polar surface area (TPSA) is 85.3 Å². The molecule has 0 aliphatic rings. The van der Waals surface area contributed by atoms with Crippen LogP contribution < -0.4 is 22.1 Å². The summed E-state index contributed by atoms with van der Waals surface area (Å²) < 4.78 is 5.57. The first-order chi connectivity index (χ1) is 9.21. The number of rotatable bonds is 13. The Morgan fingerprint density at radius 1 is 0.750 bits per heavy atom. The van der Waals surface area contributed by atoms with Crippen LogP contribution in [0.1, 0.15) is 47.0 Å². The second-order valence-corrected chi connectivity index (χ2v) is 7.00. The van der Waals surface area contributed by atoms with Crippen molar-refractivity contribution < 1.29 is 4.74 Å². The van der Waals surface area contributed by atoms with Gasteiger partial charge in [-0.25, -0.2) is 0 Å². The Hall–Kier alpha value is -0.200. The van der Waals surface area contributed by atoms with Gasteiger partial charge in [-0.15, -0.1) is 0 Å². The Morgan fingerprint density at radius 3 is 1.85 bits per heavy atom. The van der Waals surface area contributed by atoms with Crippen molar-refractivity contribution in [2.24, 2.45) is 11.5 Å². The molecule has 5 heteroatoms. The molecule has 122 valence electrons. The van der Waals surface area contributed by atoms with E-state index in [9.17, 15) is 0 Å². The van der Waals surface area contributed by atoms with Gasteiger partial charge in [0.05, 0.1) is 6.61 Å². The summed E-state index contributed by atoms with van der Waals surface area (Å²) in [6, 6.07) is 0. The van der Waals surface area contributed by atoms with Crippen molar-refractivity contribution >= 4 is 0 Å². The third-order valence-electron chi connectivity index (χ3n) is 2.73. The quantitative estimate of drug-likeness (QED) is 0.377. The van der Waals surface area contributed by atoms with Crippen molar-refractivity contribution in [1.82, 2.24) is 10.6 Å². The first-order valence-electron chi connectivity index (χ1n) is 7.78. The predicted molar refractivity (Wildman–Crippen MR) is 86.9 cm³/mol. The Kier molecular flexibility index (Phi) is 10.4. The van der Waals surface area contributed by atoms with Gasteiger partial charge in [0.2, 0.25) is 0 Å². The number of ether oxygens (including phenoxy) is 1. The van der Waals surface area contributed by atoms with Gasteiger partial charge in [0.25, 0.3) is 0 Å². The zero-order valence-electron chi connectivity index (χ0n) is 13.9. The molecule has 0 radical (unpaired) electrons. The molecule has 20 heavy (non-hydrogen) atoms. The van der Waals surface area contributed by atoms with Crippen LogP contribution in [0.2, 0.25) is 0 Å². The SMILES string of the molecule is CC(C)(N)CNCCCCCOCCNCC(C)(C)N. The molecule has 0 aliphatic carbocycles. The minimum atomic E-state index is -0.148. The molecule has 0 heterocycles. The lowest BCUT2D eigenvalue weighted by Gasteiger charge is -2.19. The standard InChI is InChI=1S/C15H36N4O/c1-14(2,16)12-18-8-6-5-7-10-20-11-9-19-13-15(3,4)17/h18-19H,5-13,16-17H2,1-4H3. The van der Waals surface area contributed by atoms with Gasteiger partial charge in [0, 0.05) is 37.3 Å². The minimum absolute atomic E-state index is 0.117. The molecule has 0 amide bonds. The largest absolute Gasteiger partial charge is 0.380 e. The smallest absolute Gasteiger partial charge is 0.0590 e. The van der Waals surface area contributed by atoms with Crippen molar-refractivity contribution in [3.05, 3.63) is 0 Å². The second kappa shape index (κ2) is 10.5. The van der Waals surface area contributed by atoms with E-state index in [-0.39, 0.29) is 11.1 Å². The minimum Gasteiger partial charge on any atom is -0.380 e. The Labute approximate surface area is 125 Å². The lowest BCUT2D eigenvalue weighted by Crippen LogP contribution is -2.43. The van der Waals surface area contributed by atoms with Crippen LogP contribution in [0, 0.1) is 0 Å². The molecule has 0 aromatic heterocycles. The Bertz CT molecular complexity index is 197. The van der Waals surface area contributed by atoms with Crippen LogP contribution in [-0.4, -0.2) is 50.5 Å². The average Bonchev–Trinajstić information content (AvgIpc) is 2.27. The maximum Gasteiger partial charge on any atom is 0.0590 e. The van der Waals surface area contributed by atoms with Gasteiger partial charge in [-0.05, 0) is 53.5 Å². The third kappa shape index (κ3) is 17.8. The molecule has 0 saturated carbocycles. The van der Waals surface area contributed by atoms with Crippen LogP contribution in [0.5, 0.6) is 0 Å². The molecule has 0 saturated heterocycles. The highest BCUT2D eigenvalue weighted by atomic mass is 16.5. The first-order valence-corrected chi connectivity index (χ1v) is 7.78. The van der Waals surface area contributed by atoms with E-state index in [1.54, 1.807) is 0 Å². The number of nitrogens with two attached hydrogens (primary N) is 2. The molecular weight excluding hydrogens is 252 g/mol. The van der Waals surface area contributed by atoms with E-state index in [0.29, 0.717) is 0 Å². The fraction of sp³-hybridized carbons (Fsp3) is 1.00. The summed E-state index contributed by atoms with van der Waals surface area (Å²) in [5.74, 6) is 0. The van der Waals surface area contributed by atoms with Crippen molar-refractivity contribution in [2.45, 2.75) is 58.0 Å². The summed E-state index contributed by atoms with van der Waals surface area (Å²) in [6.07, 6.45) is 3.50. The van der Waals surface area contributed by atoms with E-state index in [1.165, 1.54) is 12.8 Å². The summed E-state index contributed by atoms with van der Waals surface area (Å²) in [5, 5.41) is 6.66. The normalized spacial score (nSPS) is 12.9. The monoisotopic (exact) mass is 288 g/mol. The van der Waals surface area contributed by atoms with E-state index >= 15 is 0 Å². The Morgan fingerprint density at radius 2 is 1.30 bits per heavy atom. The zero-order valence-corrected chi connectivity index (χ0v) is 13.9. The highest BCUT2D eigenvalue weighted by Crippen LogP contribution is 1.97. The van der Waals surface area contributed by atoms with Crippen LogP contribution in [0.25, 0.3) is 0 Å². The summed E-state index contributed by atoms with van der Waals surface area (Å²) in [5.41, 5.74) is 11.5. The maximum absolute atomic E-state index is 5.89. The van der Waals surface area contributed by atoms with Crippen molar-refractivity contribution in [2.75, 3.05) is 39.4 Å². The molecule has 0 bridgehead atoms. The molecule has 0 fully saturated rings. The Balaban J connectivity index is 3.10. The molecule has 0 spiro atoms. The lowest BCUT2D eigenvalue weighted by atomic mass is 10.1. The maximum atomic E-state index is 5.89. The summed E-state index contributed by atoms with van der Waals surface area (Å²) in [6.45, 7) is 13.3. The molecule has 0 rings (SSSR count). The van der Waals surface area contributed by atoms with Gasteiger partial charge in [-0.3, -0.25) is 0 Å². The summed E-state index contributed by atoms with van der Waals surface area (Å²) >= 11 is 0. The van der Waals surface area contributed by atoms with E-state index in [2.05, 4.69) is 10.6 Å². The average molecular weight is 288 g/mol. The van der Waals surface area contributed by atoms with Crippen molar-refractivity contribution in [3.63, 3.8) is 0 Å². The van der Waals surface area contributed by atoms with Gasteiger partial charge in [-0.2, -0.15) is 0 Å². The van der Waals surface area contributed by atoms with Crippen LogP contribution in [-0.2, 0) is 4.74 Å². The van der Waals surface area contributed by atoms with E-state index in [0.717, 1.165) is 45.8 Å². The van der Waals surface area contributed by atoms with Crippen LogP contribution in [0.4, 0.5) is 0 Å². The van der Waals surface area contributed by atoms with Crippen LogP contribution >= 0.6 is 0 Å². The number of hydrogen-bond acceptors (Lipinski definition) is 5. The second-order valence-electron chi connectivity index (χ2n) is 7.00. The van der Waals surface area contributed by atoms with Gasteiger partial charge in [0.1, 0.15) is 0 Å². The van der Waals surface area contributed by atoms with Gasteiger partial charge in [-0.1, -0.05) is 0 Å². The van der Waals surface area contributed by atoms with E-state index < -0.39 is 0 Å². The van der Waals surface area contributed by atoms with E-state index in [4.69, 9.17) is 16.2 Å². The van der Waals surface area contributed by atoms with Crippen LogP contribution in [0.15, 0.2) is 0 Å². The summed E-state index contributed by atoms with van der Waals surface area (Å²) in [7, 11) is 0. The van der Waals surface area contributed by atoms with Gasteiger partial charge in [0.15, 0.2) is 0 Å². The molecule has 0 aromatic rings. The number of nitrogens with one attached hydrogen (secondary N) is 2. The highest BCUT2D eigenvalue weighted by Gasteiger charge is 2.09. The van der Waals surface area contributed by atoms with Crippen LogP contribution in [0.3, 0.4) is 0 Å². The van der Waals surface area contributed by atoms with Crippen molar-refractivity contribution in [1.29, 1.82) is 0 Å². The molecule has 5 nitrogen and oxygen atoms in total. The van der Waals surface area contributed by atoms with Crippen molar-refractivity contribution in [3.8, 4) is 0 Å². The number of hydrogen-bond donors (Lipinski definition) is 4. The molecule has 0 aromatic carbocycles. The van der Waals surface area contributed by atoms with E-state index in [1.807, 2.05) is 27.7 Å². The third-order valence-corrected chi connectivity index (χ3v) is 2.73. The fourth-order valence-electron chi connectivity index (χ4n) is 1.70. The highest BCUT2D eigenvalue weighted by molar-refractivity contribution is 4.74. The molecule has 0 aliphatic heterocycles. The first kappa shape index (κ1) is 19.8. The number of unbranched alkanes of at least 4 members (excludes halogenated alkanes) is 2. The zero-order chi connectivity index (χ0) is 15.5. The van der Waals surface area contributed by atoms with Gasteiger partial charge < -0.3 is 26.8 Å². The lowest BCUT2D eigenvalue weighted by molar-refractivity contribution is 0.131. The molecule has 6 N–H and O–H groups in total. The fourth-order valence-corrected chi connectivity index (χ4v) is 1.70. The predicted octanol–water partition coefficient (Wildman–Crippen LogP) is 0.827.